The van der Waals surface area contributed by atoms with Gasteiger partial charge in [0.05, 0.1) is 10.7 Å². The smallest absolute Gasteiger partial charge is 0.263 e. The minimum atomic E-state index is -0.993. The second-order valence-electron chi connectivity index (χ2n) is 7.15. The Bertz CT molecular complexity index is 1110. The predicted molar refractivity (Wildman–Crippen MR) is 108 cm³/mol. The maximum Gasteiger partial charge on any atom is 0.263 e. The summed E-state index contributed by atoms with van der Waals surface area (Å²) in [6.45, 7) is 3.52. The van der Waals surface area contributed by atoms with Crippen molar-refractivity contribution >= 4 is 40.7 Å². The highest BCUT2D eigenvalue weighted by Crippen LogP contribution is 2.32. The number of anilines is 2. The van der Waals surface area contributed by atoms with Crippen LogP contribution in [0.3, 0.4) is 0 Å². The summed E-state index contributed by atoms with van der Waals surface area (Å²) < 4.78 is 13.3. The second-order valence-corrected chi connectivity index (χ2v) is 7.56. The van der Waals surface area contributed by atoms with E-state index in [0.717, 1.165) is 22.1 Å². The van der Waals surface area contributed by atoms with E-state index in [1.807, 2.05) is 19.9 Å². The number of hydrogen-bond acceptors (Lipinski definition) is 6. The Balaban J connectivity index is 1.49. The first kappa shape index (κ1) is 20.0. The molecule has 0 spiro atoms. The summed E-state index contributed by atoms with van der Waals surface area (Å²) in [5.74, 6) is -2.09. The molecule has 0 aliphatic carbocycles. The van der Waals surface area contributed by atoms with Gasteiger partial charge in [0.2, 0.25) is 5.91 Å². The average Bonchev–Trinajstić information content (AvgIpc) is 3.21. The molecule has 3 amide bonds. The molecule has 0 radical (unpaired) electrons. The van der Waals surface area contributed by atoms with E-state index in [1.54, 1.807) is 12.1 Å². The molecule has 0 saturated carbocycles. The Morgan fingerprint density at radius 1 is 1.13 bits per heavy atom. The van der Waals surface area contributed by atoms with Gasteiger partial charge in [-0.05, 0) is 55.3 Å². The Morgan fingerprint density at radius 3 is 2.60 bits per heavy atom. The summed E-state index contributed by atoms with van der Waals surface area (Å²) in [4.78, 5) is 39.2. The first-order valence-electron chi connectivity index (χ1n) is 9.13. The molecule has 2 heterocycles. The molecule has 4 rings (SSSR count). The van der Waals surface area contributed by atoms with E-state index in [1.165, 1.54) is 17.1 Å². The molecule has 1 fully saturated rings. The number of amides is 3. The highest BCUT2D eigenvalue weighted by molar-refractivity contribution is 6.31. The van der Waals surface area contributed by atoms with Crippen LogP contribution in [0.4, 0.5) is 15.8 Å². The van der Waals surface area contributed by atoms with Crippen molar-refractivity contribution in [2.45, 2.75) is 25.9 Å². The van der Waals surface area contributed by atoms with Crippen LogP contribution in [0.15, 0.2) is 46.7 Å². The SMILES string of the molecule is Cc1ccc(N2C(=O)[C@@H]3[C@@H](N=NN3CC(=O)Nc3ccc(F)c(Cl)c3)C2=O)cc1C. The van der Waals surface area contributed by atoms with E-state index in [2.05, 4.69) is 15.7 Å². The maximum atomic E-state index is 13.3. The Morgan fingerprint density at radius 2 is 1.90 bits per heavy atom. The van der Waals surface area contributed by atoms with E-state index in [9.17, 15) is 18.8 Å². The van der Waals surface area contributed by atoms with Gasteiger partial charge in [0.1, 0.15) is 12.4 Å². The van der Waals surface area contributed by atoms with Crippen molar-refractivity contribution in [2.75, 3.05) is 16.8 Å². The minimum absolute atomic E-state index is 0.130. The summed E-state index contributed by atoms with van der Waals surface area (Å²) in [5.41, 5.74) is 2.74. The molecule has 0 aromatic heterocycles. The molecule has 30 heavy (non-hydrogen) atoms. The summed E-state index contributed by atoms with van der Waals surface area (Å²) in [6, 6.07) is 7.08. The van der Waals surface area contributed by atoms with Crippen molar-refractivity contribution < 1.29 is 18.8 Å². The van der Waals surface area contributed by atoms with Gasteiger partial charge in [-0.25, -0.2) is 9.29 Å². The molecule has 1 saturated heterocycles. The Hall–Kier alpha value is -3.33. The van der Waals surface area contributed by atoms with Gasteiger partial charge in [0.15, 0.2) is 12.1 Å². The third kappa shape index (κ3) is 3.41. The van der Waals surface area contributed by atoms with E-state index >= 15 is 0 Å². The first-order valence-corrected chi connectivity index (χ1v) is 9.51. The van der Waals surface area contributed by atoms with E-state index in [-0.39, 0.29) is 11.6 Å². The van der Waals surface area contributed by atoms with E-state index in [0.29, 0.717) is 11.4 Å². The van der Waals surface area contributed by atoms with Gasteiger partial charge >= 0.3 is 0 Å². The maximum absolute atomic E-state index is 13.3. The molecule has 154 valence electrons. The fourth-order valence-electron chi connectivity index (χ4n) is 3.39. The van der Waals surface area contributed by atoms with Crippen LogP contribution in [0.25, 0.3) is 0 Å². The lowest BCUT2D eigenvalue weighted by atomic mass is 10.1. The van der Waals surface area contributed by atoms with Crippen molar-refractivity contribution in [1.29, 1.82) is 0 Å². The van der Waals surface area contributed by atoms with Gasteiger partial charge in [-0.2, -0.15) is 5.11 Å². The van der Waals surface area contributed by atoms with Gasteiger partial charge in [-0.1, -0.05) is 22.9 Å². The number of fused-ring (bicyclic) bond motifs is 1. The van der Waals surface area contributed by atoms with E-state index in [4.69, 9.17) is 11.6 Å². The molecule has 0 unspecified atom stereocenters. The second kappa shape index (κ2) is 7.49. The number of imide groups is 1. The zero-order valence-electron chi connectivity index (χ0n) is 16.1. The number of aryl methyl sites for hydroxylation is 2. The molecule has 10 heteroatoms. The topological polar surface area (TPSA) is 94.4 Å². The van der Waals surface area contributed by atoms with Crippen LogP contribution >= 0.6 is 11.6 Å². The number of carbonyl (C=O) groups excluding carboxylic acids is 3. The number of benzene rings is 2. The molecular weight excluding hydrogens is 413 g/mol. The molecule has 2 aromatic carbocycles. The van der Waals surface area contributed by atoms with Crippen molar-refractivity contribution in [3.8, 4) is 0 Å². The zero-order chi connectivity index (χ0) is 21.6. The lowest BCUT2D eigenvalue weighted by molar-refractivity contribution is -0.123. The summed E-state index contributed by atoms with van der Waals surface area (Å²) >= 11 is 5.71. The third-order valence-corrected chi connectivity index (χ3v) is 5.41. The lowest BCUT2D eigenvalue weighted by Crippen LogP contribution is -2.43. The van der Waals surface area contributed by atoms with Crippen molar-refractivity contribution in [3.63, 3.8) is 0 Å². The summed E-state index contributed by atoms with van der Waals surface area (Å²) in [6.07, 6.45) is 0. The predicted octanol–water partition coefficient (Wildman–Crippen LogP) is 3.03. The normalized spacial score (nSPS) is 20.1. The highest BCUT2D eigenvalue weighted by Gasteiger charge is 2.55. The van der Waals surface area contributed by atoms with Crippen LogP contribution in [-0.4, -0.2) is 41.4 Å². The van der Waals surface area contributed by atoms with Crippen LogP contribution in [0, 0.1) is 19.7 Å². The van der Waals surface area contributed by atoms with Crippen LogP contribution in [0.1, 0.15) is 11.1 Å². The molecule has 2 atom stereocenters. The number of nitrogens with zero attached hydrogens (tertiary/aromatic N) is 4. The average molecular weight is 430 g/mol. The standard InChI is InChI=1S/C20H17ClFN5O3/c1-10-3-5-13(7-11(10)2)27-19(29)17-18(20(27)30)26(25-24-17)9-16(28)23-12-4-6-15(22)14(21)8-12/h3-8,17-18H,9H2,1-2H3,(H,23,28)/t17-,18+/m1/s1. The monoisotopic (exact) mass is 429 g/mol. The van der Waals surface area contributed by atoms with Crippen LogP contribution in [-0.2, 0) is 14.4 Å². The van der Waals surface area contributed by atoms with Gasteiger partial charge in [0.25, 0.3) is 11.8 Å². The number of hydrogen-bond donors (Lipinski definition) is 1. The van der Waals surface area contributed by atoms with Gasteiger partial charge in [0, 0.05) is 5.69 Å². The number of halogens is 2. The molecule has 1 N–H and O–H groups in total. The van der Waals surface area contributed by atoms with Crippen LogP contribution < -0.4 is 10.2 Å². The Kier molecular flexibility index (Phi) is 4.98. The molecule has 8 nitrogen and oxygen atoms in total. The zero-order valence-corrected chi connectivity index (χ0v) is 16.9. The quantitative estimate of drug-likeness (QED) is 0.756. The van der Waals surface area contributed by atoms with Gasteiger partial charge in [-0.3, -0.25) is 19.4 Å². The van der Waals surface area contributed by atoms with Crippen molar-refractivity contribution in [1.82, 2.24) is 5.01 Å². The third-order valence-electron chi connectivity index (χ3n) is 5.12. The van der Waals surface area contributed by atoms with Gasteiger partial charge in [-0.15, -0.1) is 0 Å². The minimum Gasteiger partial charge on any atom is -0.324 e. The van der Waals surface area contributed by atoms with Gasteiger partial charge < -0.3 is 5.32 Å². The number of nitrogens with one attached hydrogen (secondary N) is 1. The fourth-order valence-corrected chi connectivity index (χ4v) is 3.58. The van der Waals surface area contributed by atoms with Crippen molar-refractivity contribution in [2.24, 2.45) is 10.3 Å². The molecule has 0 bridgehead atoms. The number of carbonyl (C=O) groups is 3. The van der Waals surface area contributed by atoms with Crippen LogP contribution in [0.5, 0.6) is 0 Å². The molecule has 2 aliphatic rings. The van der Waals surface area contributed by atoms with Crippen LogP contribution in [0.2, 0.25) is 5.02 Å². The lowest BCUT2D eigenvalue weighted by Gasteiger charge is -2.20. The highest BCUT2D eigenvalue weighted by atomic mass is 35.5. The summed E-state index contributed by atoms with van der Waals surface area (Å²) in [5, 5.41) is 11.4. The molecular formula is C20H17ClFN5O3. The molecule has 2 aromatic rings. The fraction of sp³-hybridized carbons (Fsp3) is 0.250. The van der Waals surface area contributed by atoms with Crippen molar-refractivity contribution in [3.05, 3.63) is 58.4 Å². The first-order chi connectivity index (χ1) is 14.3. The largest absolute Gasteiger partial charge is 0.324 e. The van der Waals surface area contributed by atoms with E-state index < -0.39 is 35.6 Å². The summed E-state index contributed by atoms with van der Waals surface area (Å²) in [7, 11) is 0. The number of rotatable bonds is 4. The Labute approximate surface area is 176 Å². The molecule has 2 aliphatic heterocycles.